The van der Waals surface area contributed by atoms with E-state index in [-0.39, 0.29) is 12.4 Å². The second kappa shape index (κ2) is 8.72. The molecule has 0 spiro atoms. The minimum atomic E-state index is -0.272. The number of carbonyl (C=O) groups excluding carboxylic acids is 1. The number of aryl methyl sites for hydroxylation is 1. The third kappa shape index (κ3) is 3.83. The molecule has 0 aliphatic heterocycles. The molecular weight excluding hydrogens is 396 g/mol. The molecule has 2 aromatic carbocycles. The molecule has 4 nitrogen and oxygen atoms in total. The van der Waals surface area contributed by atoms with Gasteiger partial charge in [0.25, 0.3) is 0 Å². The van der Waals surface area contributed by atoms with Crippen LogP contribution >= 0.6 is 11.6 Å². The molecule has 5 heteroatoms. The molecule has 0 saturated carbocycles. The highest BCUT2D eigenvalue weighted by molar-refractivity contribution is 6.30. The molecule has 0 fully saturated rings. The van der Waals surface area contributed by atoms with Crippen LogP contribution in [0.5, 0.6) is 0 Å². The zero-order chi connectivity index (χ0) is 21.1. The Kier molecular flexibility index (Phi) is 5.86. The lowest BCUT2D eigenvalue weighted by Gasteiger charge is -2.17. The first kappa shape index (κ1) is 20.2. The molecule has 0 amide bonds. The molecule has 0 aliphatic rings. The van der Waals surface area contributed by atoms with E-state index in [0.717, 1.165) is 45.6 Å². The van der Waals surface area contributed by atoms with Crippen molar-refractivity contribution in [2.45, 2.75) is 26.7 Å². The number of nitrogens with zero attached hydrogens (tertiary/aromatic N) is 2. The van der Waals surface area contributed by atoms with Crippen molar-refractivity contribution in [3.05, 3.63) is 83.0 Å². The van der Waals surface area contributed by atoms with Crippen molar-refractivity contribution >= 4 is 23.1 Å². The average Bonchev–Trinajstić information content (AvgIpc) is 3.16. The predicted octanol–water partition coefficient (Wildman–Crippen LogP) is 5.99. The highest BCUT2D eigenvalue weighted by Gasteiger charge is 2.22. The number of hydrogen-bond donors (Lipinski definition) is 0. The van der Waals surface area contributed by atoms with Gasteiger partial charge in [0.1, 0.15) is 0 Å². The van der Waals surface area contributed by atoms with Gasteiger partial charge < -0.3 is 4.74 Å². The van der Waals surface area contributed by atoms with Crippen LogP contribution in [-0.2, 0) is 22.4 Å². The van der Waals surface area contributed by atoms with E-state index < -0.39 is 0 Å². The molecule has 0 radical (unpaired) electrons. The summed E-state index contributed by atoms with van der Waals surface area (Å²) in [7, 11) is 0. The third-order valence-corrected chi connectivity index (χ3v) is 5.36. The number of aromatic nitrogens is 2. The lowest BCUT2D eigenvalue weighted by atomic mass is 9.93. The normalized spacial score (nSPS) is 11.0. The molecule has 4 aromatic rings. The number of carbonyl (C=O) groups is 1. The molecule has 0 N–H and O–H groups in total. The first-order chi connectivity index (χ1) is 14.6. The summed E-state index contributed by atoms with van der Waals surface area (Å²) in [6, 6.07) is 21.8. The minimum Gasteiger partial charge on any atom is -0.466 e. The van der Waals surface area contributed by atoms with E-state index in [1.807, 2.05) is 66.0 Å². The van der Waals surface area contributed by atoms with Gasteiger partial charge in [-0.3, -0.25) is 4.79 Å². The van der Waals surface area contributed by atoms with E-state index >= 15 is 0 Å². The maximum atomic E-state index is 12.6. The predicted molar refractivity (Wildman–Crippen MR) is 121 cm³/mol. The van der Waals surface area contributed by atoms with Crippen molar-refractivity contribution in [3.63, 3.8) is 0 Å². The van der Waals surface area contributed by atoms with Gasteiger partial charge in [-0.2, -0.15) is 5.10 Å². The highest BCUT2D eigenvalue weighted by atomic mass is 35.5. The van der Waals surface area contributed by atoms with Gasteiger partial charge in [0.15, 0.2) is 0 Å². The Bertz CT molecular complexity index is 1200. The quantitative estimate of drug-likeness (QED) is 0.361. The van der Waals surface area contributed by atoms with Gasteiger partial charge in [-0.1, -0.05) is 61.0 Å². The fraction of sp³-hybridized carbons (Fsp3) is 0.200. The van der Waals surface area contributed by atoms with Crippen LogP contribution in [0.3, 0.4) is 0 Å². The van der Waals surface area contributed by atoms with Crippen molar-refractivity contribution in [2.24, 2.45) is 0 Å². The van der Waals surface area contributed by atoms with E-state index in [1.54, 1.807) is 0 Å². The van der Waals surface area contributed by atoms with Gasteiger partial charge in [0.2, 0.25) is 0 Å². The SMILES string of the molecule is CCOC(=O)Cc1c(-c2ccccc2)nn2c(CC)ccc2c1-c1cccc(Cl)c1. The lowest BCUT2D eigenvalue weighted by molar-refractivity contribution is -0.142. The largest absolute Gasteiger partial charge is 0.466 e. The van der Waals surface area contributed by atoms with Crippen molar-refractivity contribution in [1.29, 1.82) is 0 Å². The first-order valence-electron chi connectivity index (χ1n) is 10.1. The Balaban J connectivity index is 2.08. The number of rotatable bonds is 6. The summed E-state index contributed by atoms with van der Waals surface area (Å²) < 4.78 is 7.27. The summed E-state index contributed by atoms with van der Waals surface area (Å²) in [5, 5.41) is 5.62. The van der Waals surface area contributed by atoms with Crippen LogP contribution in [0.2, 0.25) is 5.02 Å². The Morgan fingerprint density at radius 2 is 1.77 bits per heavy atom. The van der Waals surface area contributed by atoms with Gasteiger partial charge in [0, 0.05) is 27.4 Å². The third-order valence-electron chi connectivity index (χ3n) is 5.13. The second-order valence-electron chi connectivity index (χ2n) is 7.04. The summed E-state index contributed by atoms with van der Waals surface area (Å²) in [5.41, 5.74) is 6.54. The van der Waals surface area contributed by atoms with E-state index in [4.69, 9.17) is 21.4 Å². The zero-order valence-electron chi connectivity index (χ0n) is 17.1. The van der Waals surface area contributed by atoms with Gasteiger partial charge in [-0.05, 0) is 43.2 Å². The second-order valence-corrected chi connectivity index (χ2v) is 7.47. The van der Waals surface area contributed by atoms with E-state index in [1.165, 1.54) is 0 Å². The summed E-state index contributed by atoms with van der Waals surface area (Å²) >= 11 is 6.33. The van der Waals surface area contributed by atoms with Gasteiger partial charge in [-0.15, -0.1) is 0 Å². The number of benzene rings is 2. The molecule has 2 heterocycles. The number of esters is 1. The highest BCUT2D eigenvalue weighted by Crippen LogP contribution is 2.36. The molecule has 0 bridgehead atoms. The van der Waals surface area contributed by atoms with Crippen LogP contribution in [0.4, 0.5) is 0 Å². The number of ether oxygens (including phenoxy) is 1. The van der Waals surface area contributed by atoms with Crippen molar-refractivity contribution in [1.82, 2.24) is 9.61 Å². The van der Waals surface area contributed by atoms with E-state index in [9.17, 15) is 4.79 Å². The Morgan fingerprint density at radius 3 is 2.47 bits per heavy atom. The monoisotopic (exact) mass is 418 g/mol. The van der Waals surface area contributed by atoms with Crippen molar-refractivity contribution in [2.75, 3.05) is 6.61 Å². The fourth-order valence-electron chi connectivity index (χ4n) is 3.80. The topological polar surface area (TPSA) is 43.6 Å². The molecule has 152 valence electrons. The molecule has 0 aliphatic carbocycles. The van der Waals surface area contributed by atoms with Gasteiger partial charge in [-0.25, -0.2) is 4.52 Å². The molecule has 2 aromatic heterocycles. The Morgan fingerprint density at radius 1 is 1.00 bits per heavy atom. The number of hydrogen-bond acceptors (Lipinski definition) is 3. The van der Waals surface area contributed by atoms with Crippen molar-refractivity contribution in [3.8, 4) is 22.4 Å². The minimum absolute atomic E-state index is 0.135. The first-order valence-corrected chi connectivity index (χ1v) is 10.5. The zero-order valence-corrected chi connectivity index (χ0v) is 17.8. The fourth-order valence-corrected chi connectivity index (χ4v) is 3.99. The summed E-state index contributed by atoms with van der Waals surface area (Å²) in [6.45, 7) is 4.26. The maximum absolute atomic E-state index is 12.6. The van der Waals surface area contributed by atoms with Crippen LogP contribution in [0.1, 0.15) is 25.1 Å². The molecule has 4 rings (SSSR count). The summed E-state index contributed by atoms with van der Waals surface area (Å²) in [5.74, 6) is -0.272. The van der Waals surface area contributed by atoms with Crippen LogP contribution in [-0.4, -0.2) is 22.2 Å². The van der Waals surface area contributed by atoms with Crippen LogP contribution in [0, 0.1) is 0 Å². The maximum Gasteiger partial charge on any atom is 0.310 e. The number of fused-ring (bicyclic) bond motifs is 1. The Hall–Kier alpha value is -3.11. The van der Waals surface area contributed by atoms with E-state index in [2.05, 4.69) is 19.1 Å². The Labute approximate surface area is 181 Å². The molecule has 0 unspecified atom stereocenters. The molecular formula is C25H23ClN2O2. The number of halogens is 1. The summed E-state index contributed by atoms with van der Waals surface area (Å²) in [6.07, 6.45) is 0.984. The van der Waals surface area contributed by atoms with Crippen LogP contribution < -0.4 is 0 Å². The van der Waals surface area contributed by atoms with Crippen LogP contribution in [0.25, 0.3) is 27.9 Å². The van der Waals surface area contributed by atoms with E-state index in [0.29, 0.717) is 11.6 Å². The van der Waals surface area contributed by atoms with Crippen LogP contribution in [0.15, 0.2) is 66.7 Å². The van der Waals surface area contributed by atoms with Gasteiger partial charge in [0.05, 0.1) is 24.2 Å². The standard InChI is InChI=1S/C25H23ClN2O2/c1-3-20-13-14-22-24(18-11-8-12-19(26)15-18)21(16-23(29)30-4-2)25(27-28(20)22)17-9-6-5-7-10-17/h5-15H,3-4,16H2,1-2H3. The lowest BCUT2D eigenvalue weighted by Crippen LogP contribution is -2.13. The summed E-state index contributed by atoms with van der Waals surface area (Å²) in [4.78, 5) is 12.6. The molecule has 30 heavy (non-hydrogen) atoms. The smallest absolute Gasteiger partial charge is 0.310 e. The van der Waals surface area contributed by atoms with Crippen molar-refractivity contribution < 1.29 is 9.53 Å². The molecule has 0 saturated heterocycles. The average molecular weight is 419 g/mol. The molecule has 0 atom stereocenters. The van der Waals surface area contributed by atoms with Gasteiger partial charge >= 0.3 is 5.97 Å².